The maximum absolute atomic E-state index is 12.2. The number of hydrogen-bond acceptors (Lipinski definition) is 4. The van der Waals surface area contributed by atoms with Crippen molar-refractivity contribution in [2.24, 2.45) is 23.2 Å². The van der Waals surface area contributed by atoms with Gasteiger partial charge in [-0.15, -0.1) is 0 Å². The third-order valence-corrected chi connectivity index (χ3v) is 6.36. The van der Waals surface area contributed by atoms with E-state index in [1.165, 1.54) is 5.57 Å². The number of cyclic esters (lactones) is 1. The SMILES string of the molecule is C[C@H]1C(=O)CC[C@H]2C3=CC(=O)O[C@@H](c4ccoc4)[C@]3(C)CC[C@H]12. The number of hydrogen-bond donors (Lipinski definition) is 0. The minimum Gasteiger partial charge on any atom is -0.472 e. The summed E-state index contributed by atoms with van der Waals surface area (Å²) in [4.78, 5) is 24.3. The van der Waals surface area contributed by atoms with E-state index in [1.807, 2.05) is 6.07 Å². The van der Waals surface area contributed by atoms with E-state index >= 15 is 0 Å². The number of fused-ring (bicyclic) bond motifs is 3. The topological polar surface area (TPSA) is 56.5 Å². The summed E-state index contributed by atoms with van der Waals surface area (Å²) in [7, 11) is 0. The van der Waals surface area contributed by atoms with E-state index in [1.54, 1.807) is 18.6 Å². The molecule has 122 valence electrons. The molecule has 1 aliphatic heterocycles. The second-order valence-corrected chi connectivity index (χ2v) is 7.49. The molecule has 2 fully saturated rings. The van der Waals surface area contributed by atoms with Gasteiger partial charge in [-0.1, -0.05) is 13.8 Å². The van der Waals surface area contributed by atoms with Gasteiger partial charge in [-0.3, -0.25) is 4.79 Å². The Hall–Kier alpha value is -1.84. The fraction of sp³-hybridized carbons (Fsp3) is 0.579. The molecule has 3 aliphatic rings. The average molecular weight is 314 g/mol. The van der Waals surface area contributed by atoms with Gasteiger partial charge in [-0.2, -0.15) is 0 Å². The third-order valence-electron chi connectivity index (χ3n) is 6.36. The molecule has 2 aliphatic carbocycles. The van der Waals surface area contributed by atoms with E-state index in [0.717, 1.165) is 24.8 Å². The molecule has 0 aromatic carbocycles. The molecule has 0 radical (unpaired) electrons. The smallest absolute Gasteiger partial charge is 0.331 e. The summed E-state index contributed by atoms with van der Waals surface area (Å²) in [6.45, 7) is 4.25. The Morgan fingerprint density at radius 1 is 1.26 bits per heavy atom. The quantitative estimate of drug-likeness (QED) is 0.739. The number of ketones is 1. The fourth-order valence-electron chi connectivity index (χ4n) is 5.02. The van der Waals surface area contributed by atoms with Crippen LogP contribution in [-0.2, 0) is 14.3 Å². The normalized spacial score (nSPS) is 40.0. The van der Waals surface area contributed by atoms with Crippen LogP contribution in [0.4, 0.5) is 0 Å². The van der Waals surface area contributed by atoms with Crippen LogP contribution in [0, 0.1) is 23.2 Å². The zero-order valence-electron chi connectivity index (χ0n) is 13.6. The summed E-state index contributed by atoms with van der Waals surface area (Å²) in [6, 6.07) is 1.88. The Morgan fingerprint density at radius 3 is 2.83 bits per heavy atom. The first-order valence-corrected chi connectivity index (χ1v) is 8.48. The minimum absolute atomic E-state index is 0.101. The van der Waals surface area contributed by atoms with Gasteiger partial charge in [0.05, 0.1) is 12.5 Å². The predicted molar refractivity (Wildman–Crippen MR) is 83.4 cm³/mol. The van der Waals surface area contributed by atoms with Crippen LogP contribution in [0.3, 0.4) is 0 Å². The van der Waals surface area contributed by atoms with Crippen LogP contribution in [0.2, 0.25) is 0 Å². The second kappa shape index (κ2) is 5.08. The summed E-state index contributed by atoms with van der Waals surface area (Å²) in [5, 5.41) is 0. The highest BCUT2D eigenvalue weighted by atomic mass is 16.5. The average Bonchev–Trinajstić information content (AvgIpc) is 3.05. The summed E-state index contributed by atoms with van der Waals surface area (Å²) in [6.07, 6.45) is 8.14. The van der Waals surface area contributed by atoms with Crippen LogP contribution >= 0.6 is 0 Å². The highest BCUT2D eigenvalue weighted by molar-refractivity contribution is 5.86. The summed E-state index contributed by atoms with van der Waals surface area (Å²) >= 11 is 0. The Kier molecular flexibility index (Phi) is 3.26. The number of Topliss-reactive ketones (excluding diaryl/α,β-unsaturated/α-hetero) is 1. The zero-order chi connectivity index (χ0) is 16.2. The lowest BCUT2D eigenvalue weighted by Gasteiger charge is -2.52. The zero-order valence-corrected chi connectivity index (χ0v) is 13.6. The minimum atomic E-state index is -0.289. The number of rotatable bonds is 1. The second-order valence-electron chi connectivity index (χ2n) is 7.49. The lowest BCUT2D eigenvalue weighted by atomic mass is 9.54. The molecule has 4 heteroatoms. The lowest BCUT2D eigenvalue weighted by Crippen LogP contribution is -2.47. The van der Waals surface area contributed by atoms with Crippen LogP contribution in [0.15, 0.2) is 34.7 Å². The molecule has 5 atom stereocenters. The van der Waals surface area contributed by atoms with Crippen LogP contribution in [0.1, 0.15) is 51.2 Å². The van der Waals surface area contributed by atoms with Crippen molar-refractivity contribution in [1.29, 1.82) is 0 Å². The van der Waals surface area contributed by atoms with Crippen molar-refractivity contribution in [3.63, 3.8) is 0 Å². The van der Waals surface area contributed by atoms with Crippen molar-refractivity contribution >= 4 is 11.8 Å². The first kappa shape index (κ1) is 14.7. The molecule has 1 aromatic heterocycles. The molecule has 2 heterocycles. The van der Waals surface area contributed by atoms with Crippen molar-refractivity contribution in [1.82, 2.24) is 0 Å². The highest BCUT2D eigenvalue weighted by Crippen LogP contribution is 2.59. The molecule has 0 N–H and O–H groups in total. The summed E-state index contributed by atoms with van der Waals surface area (Å²) < 4.78 is 10.9. The van der Waals surface area contributed by atoms with Crippen LogP contribution in [-0.4, -0.2) is 11.8 Å². The maximum atomic E-state index is 12.2. The van der Waals surface area contributed by atoms with Crippen molar-refractivity contribution in [3.05, 3.63) is 35.8 Å². The van der Waals surface area contributed by atoms with Gasteiger partial charge >= 0.3 is 5.97 Å². The van der Waals surface area contributed by atoms with E-state index in [0.29, 0.717) is 24.0 Å². The van der Waals surface area contributed by atoms with Crippen molar-refractivity contribution in [3.8, 4) is 0 Å². The van der Waals surface area contributed by atoms with Crippen molar-refractivity contribution in [2.45, 2.75) is 45.6 Å². The van der Waals surface area contributed by atoms with Gasteiger partial charge in [-0.05, 0) is 42.7 Å². The monoisotopic (exact) mass is 314 g/mol. The largest absolute Gasteiger partial charge is 0.472 e. The van der Waals surface area contributed by atoms with E-state index in [9.17, 15) is 9.59 Å². The number of esters is 1. The van der Waals surface area contributed by atoms with Crippen LogP contribution < -0.4 is 0 Å². The molecule has 23 heavy (non-hydrogen) atoms. The molecular formula is C19H22O4. The van der Waals surface area contributed by atoms with E-state index in [-0.39, 0.29) is 23.4 Å². The fourth-order valence-corrected chi connectivity index (χ4v) is 5.02. The van der Waals surface area contributed by atoms with Gasteiger partial charge < -0.3 is 9.15 Å². The molecule has 0 saturated heterocycles. The number of carbonyl (C=O) groups excluding carboxylic acids is 2. The van der Waals surface area contributed by atoms with Gasteiger partial charge in [-0.25, -0.2) is 4.79 Å². The predicted octanol–water partition coefficient (Wildman–Crippen LogP) is 3.84. The van der Waals surface area contributed by atoms with Crippen LogP contribution in [0.5, 0.6) is 0 Å². The van der Waals surface area contributed by atoms with Crippen molar-refractivity contribution in [2.75, 3.05) is 0 Å². The van der Waals surface area contributed by atoms with Gasteiger partial charge in [0.1, 0.15) is 11.9 Å². The Balaban J connectivity index is 1.75. The van der Waals surface area contributed by atoms with Crippen LogP contribution in [0.25, 0.3) is 0 Å². The van der Waals surface area contributed by atoms with Gasteiger partial charge in [0, 0.05) is 29.4 Å². The van der Waals surface area contributed by atoms with Gasteiger partial charge in [0.2, 0.25) is 0 Å². The van der Waals surface area contributed by atoms with E-state index in [2.05, 4.69) is 13.8 Å². The molecule has 0 spiro atoms. The molecule has 4 nitrogen and oxygen atoms in total. The molecule has 0 unspecified atom stereocenters. The number of carbonyl (C=O) groups is 2. The van der Waals surface area contributed by atoms with E-state index < -0.39 is 0 Å². The lowest BCUT2D eigenvalue weighted by molar-refractivity contribution is -0.155. The summed E-state index contributed by atoms with van der Waals surface area (Å²) in [5.74, 6) is 0.897. The first-order valence-electron chi connectivity index (χ1n) is 8.48. The first-order chi connectivity index (χ1) is 11.0. The molecule has 4 rings (SSSR count). The van der Waals surface area contributed by atoms with Gasteiger partial charge in [0.15, 0.2) is 0 Å². The number of furan rings is 1. The Labute approximate surface area is 135 Å². The number of ether oxygens (including phenoxy) is 1. The van der Waals surface area contributed by atoms with Crippen molar-refractivity contribution < 1.29 is 18.7 Å². The standard InChI is InChI=1S/C19H22O4/c1-11-13-5-7-19(2)15(14(13)3-4-16(11)20)9-17(21)23-18(19)12-6-8-22-10-12/h6,8-11,13-14,18H,3-5,7H2,1-2H3/t11-,13-,14-,18+,19-/m1/s1. The van der Waals surface area contributed by atoms with Gasteiger partial charge in [0.25, 0.3) is 0 Å². The third kappa shape index (κ3) is 2.11. The molecular weight excluding hydrogens is 292 g/mol. The molecule has 0 bridgehead atoms. The maximum Gasteiger partial charge on any atom is 0.331 e. The Morgan fingerprint density at radius 2 is 2.09 bits per heavy atom. The molecule has 1 aromatic rings. The summed E-state index contributed by atoms with van der Waals surface area (Å²) in [5.41, 5.74) is 1.92. The highest BCUT2D eigenvalue weighted by Gasteiger charge is 2.53. The molecule has 0 amide bonds. The van der Waals surface area contributed by atoms with E-state index in [4.69, 9.17) is 9.15 Å². The molecule has 2 saturated carbocycles. The Bertz CT molecular complexity index is 672.